The number of hydrogen-bond acceptors (Lipinski definition) is 3. The summed E-state index contributed by atoms with van der Waals surface area (Å²) in [4.78, 5) is 7.63. The molecule has 0 bridgehead atoms. The summed E-state index contributed by atoms with van der Waals surface area (Å²) in [5.74, 6) is 0.809. The molecule has 3 nitrogen and oxygen atoms in total. The molecule has 0 unspecified atom stereocenters. The summed E-state index contributed by atoms with van der Waals surface area (Å²) in [7, 11) is 1.84. The Kier molecular flexibility index (Phi) is 2.45. The van der Waals surface area contributed by atoms with Crippen LogP contribution in [0, 0.1) is 0 Å². The Morgan fingerprint density at radius 2 is 2.29 bits per heavy atom. The second-order valence-corrected chi connectivity index (χ2v) is 3.15. The molecule has 0 radical (unpaired) electrons. The summed E-state index contributed by atoms with van der Waals surface area (Å²) >= 11 is 4.10. The van der Waals surface area contributed by atoms with Gasteiger partial charge in [-0.3, -0.25) is 0 Å². The van der Waals surface area contributed by atoms with E-state index < -0.39 is 0 Å². The van der Waals surface area contributed by atoms with Crippen molar-refractivity contribution in [3.05, 3.63) is 35.5 Å². The quantitative estimate of drug-likeness (QED) is 0.656. The summed E-state index contributed by atoms with van der Waals surface area (Å²) in [5, 5.41) is 4.71. The monoisotopic (exact) mass is 205 g/mol. The van der Waals surface area contributed by atoms with Gasteiger partial charge in [-0.2, -0.15) is 0 Å². The van der Waals surface area contributed by atoms with Crippen LogP contribution < -0.4 is 5.32 Å². The first kappa shape index (κ1) is 9.15. The van der Waals surface area contributed by atoms with Gasteiger partial charge in [0, 0.05) is 7.05 Å². The van der Waals surface area contributed by atoms with E-state index in [9.17, 15) is 0 Å². The Morgan fingerprint density at radius 3 is 2.93 bits per heavy atom. The third-order valence-electron chi connectivity index (χ3n) is 2.04. The van der Waals surface area contributed by atoms with Crippen molar-refractivity contribution in [3.63, 3.8) is 0 Å². The van der Waals surface area contributed by atoms with E-state index in [1.807, 2.05) is 31.3 Å². The van der Waals surface area contributed by atoms with E-state index in [1.54, 1.807) is 5.41 Å². The van der Waals surface area contributed by atoms with E-state index in [0.29, 0.717) is 0 Å². The van der Waals surface area contributed by atoms with E-state index in [0.717, 1.165) is 22.6 Å². The van der Waals surface area contributed by atoms with Crippen molar-refractivity contribution in [3.8, 4) is 0 Å². The zero-order valence-electron chi connectivity index (χ0n) is 7.78. The lowest BCUT2D eigenvalue weighted by molar-refractivity contribution is 1.08. The van der Waals surface area contributed by atoms with Crippen molar-refractivity contribution >= 4 is 29.4 Å². The molecule has 0 fully saturated rings. The van der Waals surface area contributed by atoms with Gasteiger partial charge in [0.05, 0.1) is 16.7 Å². The summed E-state index contributed by atoms with van der Waals surface area (Å²) in [6, 6.07) is 7.92. The minimum Gasteiger partial charge on any atom is -0.385 e. The number of thiol groups is 1. The number of aromatic nitrogens is 2. The molecule has 1 heterocycles. The molecule has 2 aromatic rings. The normalized spacial score (nSPS) is 12.0. The first-order chi connectivity index (χ1) is 6.85. The molecular weight excluding hydrogens is 194 g/mol. The van der Waals surface area contributed by atoms with E-state index >= 15 is 0 Å². The average Bonchev–Trinajstić information content (AvgIpc) is 2.63. The lowest BCUT2D eigenvalue weighted by atomic mass is 10.3. The maximum absolute atomic E-state index is 4.42. The summed E-state index contributed by atoms with van der Waals surface area (Å²) in [6.45, 7) is 0. The molecule has 2 N–H and O–H groups in total. The van der Waals surface area contributed by atoms with Gasteiger partial charge in [0.2, 0.25) is 0 Å². The number of nitrogens with zero attached hydrogens (tertiary/aromatic N) is 1. The number of benzene rings is 1. The molecule has 1 aromatic carbocycles. The molecule has 0 aliphatic rings. The van der Waals surface area contributed by atoms with Crippen LogP contribution >= 0.6 is 12.6 Å². The Labute approximate surface area is 87.7 Å². The number of rotatable bonds is 2. The molecule has 0 atom stereocenters. The van der Waals surface area contributed by atoms with E-state index in [4.69, 9.17) is 0 Å². The number of fused-ring (bicyclic) bond motifs is 1. The molecule has 14 heavy (non-hydrogen) atoms. The zero-order valence-corrected chi connectivity index (χ0v) is 8.68. The molecule has 72 valence electrons. The second-order valence-electron chi connectivity index (χ2n) is 2.90. The Hall–Kier alpha value is -1.42. The van der Waals surface area contributed by atoms with Crippen molar-refractivity contribution in [1.82, 2.24) is 15.3 Å². The topological polar surface area (TPSA) is 40.7 Å². The van der Waals surface area contributed by atoms with Gasteiger partial charge in [-0.15, -0.1) is 12.6 Å². The molecule has 0 aliphatic heterocycles. The molecule has 0 saturated carbocycles. The number of hydrogen-bond donors (Lipinski definition) is 3. The van der Waals surface area contributed by atoms with Crippen LogP contribution in [0.1, 0.15) is 5.82 Å². The number of para-hydroxylation sites is 2. The van der Waals surface area contributed by atoms with Crippen LogP contribution in [0.5, 0.6) is 0 Å². The Morgan fingerprint density at radius 1 is 1.50 bits per heavy atom. The standard InChI is InChI=1S/C10H11N3S/c1-11-9(6-14)10-12-7-4-2-3-5-8(7)13-10/h2-6,11,14H,1H3,(H,12,13)/b9-6-. The third-order valence-corrected chi connectivity index (χ3v) is 2.30. The SMILES string of the molecule is CN/C(=C\S)c1nc2ccccc2[nH]1. The van der Waals surface area contributed by atoms with Gasteiger partial charge >= 0.3 is 0 Å². The molecular formula is C10H11N3S. The zero-order chi connectivity index (χ0) is 9.97. The van der Waals surface area contributed by atoms with Crippen LogP contribution in [0.4, 0.5) is 0 Å². The summed E-state index contributed by atoms with van der Waals surface area (Å²) in [5.41, 5.74) is 2.88. The van der Waals surface area contributed by atoms with Crippen LogP contribution in [0.25, 0.3) is 16.7 Å². The fourth-order valence-corrected chi connectivity index (χ4v) is 1.58. The smallest absolute Gasteiger partial charge is 0.155 e. The van der Waals surface area contributed by atoms with Crippen molar-refractivity contribution in [1.29, 1.82) is 0 Å². The van der Waals surface area contributed by atoms with Crippen molar-refractivity contribution < 1.29 is 0 Å². The highest BCUT2D eigenvalue weighted by molar-refractivity contribution is 7.83. The van der Waals surface area contributed by atoms with Gasteiger partial charge in [-0.25, -0.2) is 4.98 Å². The number of imidazole rings is 1. The molecule has 4 heteroatoms. The lowest BCUT2D eigenvalue weighted by Crippen LogP contribution is -2.05. The van der Waals surface area contributed by atoms with E-state index in [2.05, 4.69) is 27.9 Å². The highest BCUT2D eigenvalue weighted by Crippen LogP contribution is 2.14. The summed E-state index contributed by atoms with van der Waals surface area (Å²) < 4.78 is 0. The number of nitrogens with one attached hydrogen (secondary N) is 2. The van der Waals surface area contributed by atoms with Gasteiger partial charge in [-0.1, -0.05) is 12.1 Å². The molecule has 0 saturated heterocycles. The molecule has 0 amide bonds. The maximum Gasteiger partial charge on any atom is 0.155 e. The van der Waals surface area contributed by atoms with E-state index in [1.165, 1.54) is 0 Å². The van der Waals surface area contributed by atoms with Gasteiger partial charge in [0.25, 0.3) is 0 Å². The van der Waals surface area contributed by atoms with Gasteiger partial charge < -0.3 is 10.3 Å². The van der Waals surface area contributed by atoms with Gasteiger partial charge in [0.1, 0.15) is 0 Å². The minimum atomic E-state index is 0.809. The van der Waals surface area contributed by atoms with Crippen LogP contribution in [-0.4, -0.2) is 17.0 Å². The minimum absolute atomic E-state index is 0.809. The highest BCUT2D eigenvalue weighted by Gasteiger charge is 2.04. The predicted molar refractivity (Wildman–Crippen MR) is 62.1 cm³/mol. The first-order valence-corrected chi connectivity index (χ1v) is 4.84. The lowest BCUT2D eigenvalue weighted by Gasteiger charge is -1.99. The average molecular weight is 205 g/mol. The van der Waals surface area contributed by atoms with Crippen LogP contribution in [0.3, 0.4) is 0 Å². The third kappa shape index (κ3) is 1.48. The summed E-state index contributed by atoms with van der Waals surface area (Å²) in [6.07, 6.45) is 0. The van der Waals surface area contributed by atoms with Crippen molar-refractivity contribution in [2.45, 2.75) is 0 Å². The molecule has 2 rings (SSSR count). The highest BCUT2D eigenvalue weighted by atomic mass is 32.1. The van der Waals surface area contributed by atoms with Crippen molar-refractivity contribution in [2.75, 3.05) is 7.05 Å². The van der Waals surface area contributed by atoms with Crippen LogP contribution in [0.2, 0.25) is 0 Å². The number of aromatic amines is 1. The fraction of sp³-hybridized carbons (Fsp3) is 0.100. The largest absolute Gasteiger partial charge is 0.385 e. The molecule has 0 aliphatic carbocycles. The Bertz CT molecular complexity index is 440. The maximum atomic E-state index is 4.42. The second kappa shape index (κ2) is 3.75. The molecule has 0 spiro atoms. The Balaban J connectivity index is 2.55. The van der Waals surface area contributed by atoms with E-state index in [-0.39, 0.29) is 0 Å². The van der Waals surface area contributed by atoms with Crippen LogP contribution in [-0.2, 0) is 0 Å². The van der Waals surface area contributed by atoms with Crippen LogP contribution in [0.15, 0.2) is 29.7 Å². The van der Waals surface area contributed by atoms with Crippen molar-refractivity contribution in [2.24, 2.45) is 0 Å². The van der Waals surface area contributed by atoms with Gasteiger partial charge in [-0.05, 0) is 17.5 Å². The first-order valence-electron chi connectivity index (χ1n) is 4.32. The predicted octanol–water partition coefficient (Wildman–Crippen LogP) is 2.01. The molecule has 1 aromatic heterocycles. The fourth-order valence-electron chi connectivity index (χ4n) is 1.32. The number of H-pyrrole nitrogens is 1. The van der Waals surface area contributed by atoms with Gasteiger partial charge in [0.15, 0.2) is 5.82 Å².